The van der Waals surface area contributed by atoms with Crippen LogP contribution in [0.3, 0.4) is 0 Å². The lowest BCUT2D eigenvalue weighted by Gasteiger charge is -2.09. The summed E-state index contributed by atoms with van der Waals surface area (Å²) in [5.41, 5.74) is 1.32. The smallest absolute Gasteiger partial charge is 0.123 e. The molecule has 1 atom stereocenters. The van der Waals surface area contributed by atoms with E-state index in [1.54, 1.807) is 0 Å². The van der Waals surface area contributed by atoms with E-state index in [2.05, 4.69) is 39.1 Å². The van der Waals surface area contributed by atoms with Crippen molar-refractivity contribution >= 4 is 47.4 Å². The van der Waals surface area contributed by atoms with Crippen molar-refractivity contribution in [1.82, 2.24) is 15.1 Å². The molecule has 0 radical (unpaired) electrons. The van der Waals surface area contributed by atoms with Gasteiger partial charge in [0, 0.05) is 13.1 Å². The molecule has 1 aliphatic rings. The van der Waals surface area contributed by atoms with Crippen LogP contribution in [0.4, 0.5) is 0 Å². The summed E-state index contributed by atoms with van der Waals surface area (Å²) in [5.74, 6) is 0. The fraction of sp³-hybridized carbons (Fsp3) is 0.625. The van der Waals surface area contributed by atoms with E-state index >= 15 is 0 Å². The Morgan fingerprint density at radius 1 is 1.57 bits per heavy atom. The van der Waals surface area contributed by atoms with Gasteiger partial charge in [0.2, 0.25) is 0 Å². The van der Waals surface area contributed by atoms with Gasteiger partial charge in [-0.3, -0.25) is 4.68 Å². The summed E-state index contributed by atoms with van der Waals surface area (Å²) in [4.78, 5) is 0. The quantitative estimate of drug-likeness (QED) is 0.788. The molecule has 0 bridgehead atoms. The van der Waals surface area contributed by atoms with Crippen LogP contribution in [-0.4, -0.2) is 16.3 Å². The van der Waals surface area contributed by atoms with Gasteiger partial charge in [-0.1, -0.05) is 0 Å². The molecule has 6 heteroatoms. The minimum Gasteiger partial charge on any atom is -0.309 e. The van der Waals surface area contributed by atoms with Crippen LogP contribution in [-0.2, 0) is 7.05 Å². The fourth-order valence-corrected chi connectivity index (χ4v) is 2.35. The van der Waals surface area contributed by atoms with E-state index in [0.29, 0.717) is 6.04 Å². The molecule has 2 heterocycles. The molecule has 0 spiro atoms. The molecule has 1 fully saturated rings. The maximum Gasteiger partial charge on any atom is 0.123 e. The maximum atomic E-state index is 4.32. The number of hydrogen-bond acceptors (Lipinski definition) is 2. The Kier molecular flexibility index (Phi) is 6.36. The monoisotopic (exact) mass is 349 g/mol. The van der Waals surface area contributed by atoms with Crippen LogP contribution >= 0.6 is 47.4 Å². The van der Waals surface area contributed by atoms with E-state index in [-0.39, 0.29) is 24.8 Å². The third-order valence-electron chi connectivity index (χ3n) is 2.30. The predicted molar refractivity (Wildman–Crippen MR) is 70.4 cm³/mol. The SMILES string of the molecule is Cl.Cl.Cn1nc(I)cc1C1CCCN1. The van der Waals surface area contributed by atoms with Crippen molar-refractivity contribution in [2.24, 2.45) is 7.05 Å². The number of halogens is 3. The van der Waals surface area contributed by atoms with Crippen LogP contribution in [0, 0.1) is 3.70 Å². The highest BCUT2D eigenvalue weighted by atomic mass is 127. The molecule has 0 aliphatic carbocycles. The van der Waals surface area contributed by atoms with E-state index in [9.17, 15) is 0 Å². The zero-order valence-corrected chi connectivity index (χ0v) is 11.7. The van der Waals surface area contributed by atoms with Gasteiger partial charge in [0.05, 0.1) is 5.69 Å². The number of hydrogen-bond donors (Lipinski definition) is 1. The highest BCUT2D eigenvalue weighted by Gasteiger charge is 2.19. The Hall–Kier alpha value is 0.480. The molecule has 0 saturated carbocycles. The first-order chi connectivity index (χ1) is 5.77. The molecule has 3 nitrogen and oxygen atoms in total. The molecule has 1 N–H and O–H groups in total. The molecule has 1 aromatic heterocycles. The van der Waals surface area contributed by atoms with Gasteiger partial charge in [-0.05, 0) is 48.0 Å². The molecular weight excluding hydrogens is 336 g/mol. The first-order valence-electron chi connectivity index (χ1n) is 4.20. The number of nitrogens with one attached hydrogen (secondary N) is 1. The summed E-state index contributed by atoms with van der Waals surface area (Å²) in [5, 5.41) is 7.78. The standard InChI is InChI=1S/C8H12IN3.2ClH/c1-12-7(5-8(9)11-12)6-3-2-4-10-6;;/h5-6,10H,2-4H2,1H3;2*1H. The van der Waals surface area contributed by atoms with E-state index in [1.165, 1.54) is 18.5 Å². The average molecular weight is 350 g/mol. The Bertz CT molecular complexity index is 284. The van der Waals surface area contributed by atoms with E-state index in [0.717, 1.165) is 10.2 Å². The van der Waals surface area contributed by atoms with Gasteiger partial charge in [-0.25, -0.2) is 0 Å². The van der Waals surface area contributed by atoms with Crippen LogP contribution in [0.2, 0.25) is 0 Å². The second-order valence-corrected chi connectivity index (χ2v) is 4.27. The van der Waals surface area contributed by atoms with Crippen molar-refractivity contribution in [3.05, 3.63) is 15.5 Å². The van der Waals surface area contributed by atoms with Crippen molar-refractivity contribution in [3.8, 4) is 0 Å². The largest absolute Gasteiger partial charge is 0.309 e. The van der Waals surface area contributed by atoms with Crippen molar-refractivity contribution < 1.29 is 0 Å². The lowest BCUT2D eigenvalue weighted by Crippen LogP contribution is -2.16. The molecular formula is C8H14Cl2IN3. The number of aromatic nitrogens is 2. The summed E-state index contributed by atoms with van der Waals surface area (Å²) >= 11 is 2.25. The Morgan fingerprint density at radius 3 is 2.71 bits per heavy atom. The number of nitrogens with zero attached hydrogens (tertiary/aromatic N) is 2. The van der Waals surface area contributed by atoms with E-state index in [1.807, 2.05) is 11.7 Å². The van der Waals surface area contributed by atoms with Crippen LogP contribution < -0.4 is 5.32 Å². The summed E-state index contributed by atoms with van der Waals surface area (Å²) in [6, 6.07) is 2.69. The van der Waals surface area contributed by atoms with Gasteiger partial charge in [-0.15, -0.1) is 24.8 Å². The van der Waals surface area contributed by atoms with Crippen molar-refractivity contribution in [2.75, 3.05) is 6.54 Å². The van der Waals surface area contributed by atoms with Gasteiger partial charge in [-0.2, -0.15) is 5.10 Å². The van der Waals surface area contributed by atoms with Crippen molar-refractivity contribution in [1.29, 1.82) is 0 Å². The molecule has 14 heavy (non-hydrogen) atoms. The summed E-state index contributed by atoms with van der Waals surface area (Å²) in [7, 11) is 2.01. The first kappa shape index (κ1) is 14.5. The van der Waals surface area contributed by atoms with Gasteiger partial charge in [0.1, 0.15) is 3.70 Å². The number of rotatable bonds is 1. The third kappa shape index (κ3) is 2.98. The lowest BCUT2D eigenvalue weighted by molar-refractivity contribution is 0.573. The highest BCUT2D eigenvalue weighted by Crippen LogP contribution is 2.23. The van der Waals surface area contributed by atoms with Crippen LogP contribution in [0.5, 0.6) is 0 Å². The summed E-state index contributed by atoms with van der Waals surface area (Å²) in [6.45, 7) is 1.15. The summed E-state index contributed by atoms with van der Waals surface area (Å²) in [6.07, 6.45) is 2.53. The lowest BCUT2D eigenvalue weighted by atomic mass is 10.2. The van der Waals surface area contributed by atoms with Crippen LogP contribution in [0.15, 0.2) is 6.07 Å². The van der Waals surface area contributed by atoms with Gasteiger partial charge >= 0.3 is 0 Å². The van der Waals surface area contributed by atoms with Crippen molar-refractivity contribution in [2.45, 2.75) is 18.9 Å². The molecule has 0 aromatic carbocycles. The minimum atomic E-state index is 0. The second kappa shape index (κ2) is 6.15. The number of aryl methyl sites for hydroxylation is 1. The van der Waals surface area contributed by atoms with Gasteiger partial charge < -0.3 is 5.32 Å². The van der Waals surface area contributed by atoms with E-state index in [4.69, 9.17) is 0 Å². The maximum absolute atomic E-state index is 4.32. The van der Waals surface area contributed by atoms with Gasteiger partial charge in [0.25, 0.3) is 0 Å². The molecule has 0 amide bonds. The molecule has 1 aliphatic heterocycles. The molecule has 82 valence electrons. The zero-order valence-electron chi connectivity index (χ0n) is 7.86. The molecule has 1 unspecified atom stereocenters. The zero-order chi connectivity index (χ0) is 8.55. The summed E-state index contributed by atoms with van der Waals surface area (Å²) < 4.78 is 3.06. The topological polar surface area (TPSA) is 29.9 Å². The van der Waals surface area contributed by atoms with Crippen molar-refractivity contribution in [3.63, 3.8) is 0 Å². The Labute approximate surface area is 110 Å². The van der Waals surface area contributed by atoms with Crippen LogP contribution in [0.1, 0.15) is 24.6 Å². The first-order valence-corrected chi connectivity index (χ1v) is 5.28. The predicted octanol–water partition coefficient (Wildman–Crippen LogP) is 2.29. The van der Waals surface area contributed by atoms with Crippen LogP contribution in [0.25, 0.3) is 0 Å². The van der Waals surface area contributed by atoms with E-state index < -0.39 is 0 Å². The average Bonchev–Trinajstić information content (AvgIpc) is 2.58. The fourth-order valence-electron chi connectivity index (χ4n) is 1.71. The third-order valence-corrected chi connectivity index (χ3v) is 2.83. The normalized spacial score (nSPS) is 20.0. The Morgan fingerprint density at radius 2 is 2.29 bits per heavy atom. The van der Waals surface area contributed by atoms with Gasteiger partial charge in [0.15, 0.2) is 0 Å². The molecule has 2 rings (SSSR count). The molecule has 1 aromatic rings. The minimum absolute atomic E-state index is 0. The second-order valence-electron chi connectivity index (χ2n) is 3.16. The highest BCUT2D eigenvalue weighted by molar-refractivity contribution is 14.1. The Balaban J connectivity index is 0.000000845. The molecule has 1 saturated heterocycles.